The van der Waals surface area contributed by atoms with Crippen LogP contribution in [-0.2, 0) is 24.2 Å². The highest BCUT2D eigenvalue weighted by Gasteiger charge is 2.42. The predicted octanol–water partition coefficient (Wildman–Crippen LogP) is 4.72. The van der Waals surface area contributed by atoms with Crippen molar-refractivity contribution in [3.8, 4) is 0 Å². The van der Waals surface area contributed by atoms with Crippen molar-refractivity contribution in [1.82, 2.24) is 4.90 Å². The number of amides is 1. The summed E-state index contributed by atoms with van der Waals surface area (Å²) in [7, 11) is 0. The van der Waals surface area contributed by atoms with Crippen LogP contribution in [0.15, 0.2) is 30.3 Å². The van der Waals surface area contributed by atoms with Gasteiger partial charge < -0.3 is 10.2 Å². The Balaban J connectivity index is 1.86. The van der Waals surface area contributed by atoms with Crippen LogP contribution in [-0.4, -0.2) is 30.1 Å². The van der Waals surface area contributed by atoms with Gasteiger partial charge in [0.2, 0.25) is 0 Å². The van der Waals surface area contributed by atoms with Crippen LogP contribution < -0.4 is 5.32 Å². The lowest BCUT2D eigenvalue weighted by Crippen LogP contribution is -2.42. The Kier molecular flexibility index (Phi) is 5.79. The summed E-state index contributed by atoms with van der Waals surface area (Å²) in [6.45, 7) is -0.256. The molecule has 0 unspecified atom stereocenters. The van der Waals surface area contributed by atoms with E-state index in [1.807, 2.05) is 0 Å². The summed E-state index contributed by atoms with van der Waals surface area (Å²) in [5, 5.41) is 3.10. The molecule has 0 bridgehead atoms. The maximum absolute atomic E-state index is 14.4. The van der Waals surface area contributed by atoms with Crippen LogP contribution >= 0.6 is 11.6 Å². The van der Waals surface area contributed by atoms with Crippen molar-refractivity contribution < 1.29 is 26.7 Å². The van der Waals surface area contributed by atoms with Gasteiger partial charge in [-0.2, -0.15) is 13.2 Å². The van der Waals surface area contributed by atoms with Crippen molar-refractivity contribution in [1.29, 1.82) is 0 Å². The Morgan fingerprint density at radius 3 is 2.43 bits per heavy atom. The number of alkyl halides is 3. The molecular weight excluding hydrogens is 403 g/mol. The number of hydrogen-bond acceptors (Lipinski definition) is 2. The summed E-state index contributed by atoms with van der Waals surface area (Å²) >= 11 is 6.15. The number of hydrogen-bond donors (Lipinski definition) is 1. The van der Waals surface area contributed by atoms with E-state index in [1.165, 1.54) is 12.1 Å². The zero-order chi connectivity index (χ0) is 20.5. The molecule has 0 fully saturated rings. The SMILES string of the molecule is O=C(N1CCc2c(F)cc(Cl)c(NCc3cccc(F)c3)c2CC1)C(F)(F)F. The van der Waals surface area contributed by atoms with Gasteiger partial charge >= 0.3 is 12.1 Å². The average Bonchev–Trinajstić information content (AvgIpc) is 2.83. The van der Waals surface area contributed by atoms with Crippen molar-refractivity contribution in [2.45, 2.75) is 25.6 Å². The third-order valence-corrected chi connectivity index (χ3v) is 4.90. The quantitative estimate of drug-likeness (QED) is 0.731. The second kappa shape index (κ2) is 7.95. The smallest absolute Gasteiger partial charge is 0.380 e. The normalized spacial score (nSPS) is 14.4. The molecule has 3 rings (SSSR count). The minimum atomic E-state index is -4.98. The summed E-state index contributed by atoms with van der Waals surface area (Å²) in [6, 6.07) is 6.95. The second-order valence-electron chi connectivity index (χ2n) is 6.45. The molecule has 1 amide bonds. The number of rotatable bonds is 3. The Morgan fingerprint density at radius 2 is 1.79 bits per heavy atom. The summed E-state index contributed by atoms with van der Waals surface area (Å²) in [5.41, 5.74) is 1.66. The number of carbonyl (C=O) groups excluding carboxylic acids is 1. The number of carbonyl (C=O) groups is 1. The van der Waals surface area contributed by atoms with Gasteiger partial charge in [-0.3, -0.25) is 4.79 Å². The highest BCUT2D eigenvalue weighted by atomic mass is 35.5. The van der Waals surface area contributed by atoms with E-state index in [0.717, 1.165) is 6.07 Å². The van der Waals surface area contributed by atoms with E-state index < -0.39 is 23.7 Å². The molecule has 0 saturated heterocycles. The molecule has 150 valence electrons. The van der Waals surface area contributed by atoms with Crippen LogP contribution in [0.1, 0.15) is 16.7 Å². The first kappa shape index (κ1) is 20.4. The average molecular weight is 419 g/mol. The minimum Gasteiger partial charge on any atom is -0.380 e. The topological polar surface area (TPSA) is 32.3 Å². The van der Waals surface area contributed by atoms with E-state index in [9.17, 15) is 26.7 Å². The van der Waals surface area contributed by atoms with Crippen molar-refractivity contribution in [2.24, 2.45) is 0 Å². The Morgan fingerprint density at radius 1 is 1.11 bits per heavy atom. The molecule has 0 atom stereocenters. The van der Waals surface area contributed by atoms with Crippen LogP contribution in [0.5, 0.6) is 0 Å². The van der Waals surface area contributed by atoms with Gasteiger partial charge in [-0.1, -0.05) is 23.7 Å². The van der Waals surface area contributed by atoms with Gasteiger partial charge in [0.25, 0.3) is 0 Å². The molecular formula is C19H16ClF5N2O. The molecule has 0 aliphatic carbocycles. The number of benzene rings is 2. The lowest BCUT2D eigenvalue weighted by Gasteiger charge is -2.21. The lowest BCUT2D eigenvalue weighted by molar-refractivity contribution is -0.185. The van der Waals surface area contributed by atoms with Gasteiger partial charge in [-0.15, -0.1) is 0 Å². The van der Waals surface area contributed by atoms with Gasteiger partial charge in [0, 0.05) is 19.6 Å². The first-order valence-electron chi connectivity index (χ1n) is 8.51. The fourth-order valence-corrected chi connectivity index (χ4v) is 3.55. The van der Waals surface area contributed by atoms with Crippen molar-refractivity contribution in [3.05, 3.63) is 63.7 Å². The molecule has 0 radical (unpaired) electrons. The van der Waals surface area contributed by atoms with Crippen LogP contribution in [0.25, 0.3) is 0 Å². The molecule has 2 aromatic rings. The van der Waals surface area contributed by atoms with E-state index >= 15 is 0 Å². The summed E-state index contributed by atoms with van der Waals surface area (Å²) in [4.78, 5) is 12.2. The zero-order valence-electron chi connectivity index (χ0n) is 14.5. The largest absolute Gasteiger partial charge is 0.471 e. The van der Waals surface area contributed by atoms with Crippen molar-refractivity contribution in [3.63, 3.8) is 0 Å². The van der Waals surface area contributed by atoms with E-state index in [2.05, 4.69) is 5.32 Å². The van der Waals surface area contributed by atoms with Crippen molar-refractivity contribution >= 4 is 23.2 Å². The fraction of sp³-hybridized carbons (Fsp3) is 0.316. The number of nitrogens with one attached hydrogen (secondary N) is 1. The van der Waals surface area contributed by atoms with Crippen LogP contribution in [0, 0.1) is 11.6 Å². The Bertz CT molecular complexity index is 901. The number of nitrogens with zero attached hydrogens (tertiary/aromatic N) is 1. The highest BCUT2D eigenvalue weighted by Crippen LogP contribution is 2.34. The Labute approximate surface area is 163 Å². The molecule has 3 nitrogen and oxygen atoms in total. The molecule has 0 spiro atoms. The Hall–Kier alpha value is -2.35. The fourth-order valence-electron chi connectivity index (χ4n) is 3.27. The molecule has 0 aromatic heterocycles. The summed E-state index contributed by atoms with van der Waals surface area (Å²) in [6.07, 6.45) is -5.03. The van der Waals surface area contributed by atoms with E-state index in [0.29, 0.717) is 21.7 Å². The van der Waals surface area contributed by atoms with Gasteiger partial charge in [-0.05, 0) is 47.7 Å². The first-order chi connectivity index (χ1) is 13.2. The maximum atomic E-state index is 14.4. The van der Waals surface area contributed by atoms with Gasteiger partial charge in [0.05, 0.1) is 10.7 Å². The number of halogens is 6. The number of anilines is 1. The maximum Gasteiger partial charge on any atom is 0.471 e. The van der Waals surface area contributed by atoms with Crippen molar-refractivity contribution in [2.75, 3.05) is 18.4 Å². The van der Waals surface area contributed by atoms with Gasteiger partial charge in [0.1, 0.15) is 11.6 Å². The molecule has 1 N–H and O–H groups in total. The molecule has 1 aliphatic heterocycles. The molecule has 2 aromatic carbocycles. The minimum absolute atomic E-state index is 0.0140. The first-order valence-corrected chi connectivity index (χ1v) is 8.88. The molecule has 9 heteroatoms. The van der Waals surface area contributed by atoms with Gasteiger partial charge in [0.15, 0.2) is 0 Å². The summed E-state index contributed by atoms with van der Waals surface area (Å²) in [5.74, 6) is -2.98. The lowest BCUT2D eigenvalue weighted by atomic mass is 10.00. The molecule has 1 heterocycles. The molecule has 0 saturated carbocycles. The van der Waals surface area contributed by atoms with Crippen LogP contribution in [0.4, 0.5) is 27.6 Å². The van der Waals surface area contributed by atoms with Gasteiger partial charge in [-0.25, -0.2) is 8.78 Å². The second-order valence-corrected chi connectivity index (χ2v) is 6.85. The summed E-state index contributed by atoms with van der Waals surface area (Å²) < 4.78 is 65.9. The zero-order valence-corrected chi connectivity index (χ0v) is 15.3. The predicted molar refractivity (Wildman–Crippen MR) is 95.2 cm³/mol. The monoisotopic (exact) mass is 418 g/mol. The molecule has 28 heavy (non-hydrogen) atoms. The molecule has 1 aliphatic rings. The van der Waals surface area contributed by atoms with Crippen LogP contribution in [0.2, 0.25) is 5.02 Å². The number of fused-ring (bicyclic) bond motifs is 1. The van der Waals surface area contributed by atoms with E-state index in [1.54, 1.807) is 12.1 Å². The standard InChI is InChI=1S/C19H16ClF5N2O/c20-15-9-16(22)13-4-6-27(18(28)19(23,24)25)7-5-14(13)17(15)26-10-11-2-1-3-12(21)8-11/h1-3,8-9,26H,4-7,10H2. The van der Waals surface area contributed by atoms with E-state index in [-0.39, 0.29) is 43.1 Å². The van der Waals surface area contributed by atoms with E-state index in [4.69, 9.17) is 11.6 Å². The highest BCUT2D eigenvalue weighted by molar-refractivity contribution is 6.33. The van der Waals surface area contributed by atoms with Crippen LogP contribution in [0.3, 0.4) is 0 Å². The third kappa shape index (κ3) is 4.38. The third-order valence-electron chi connectivity index (χ3n) is 4.60.